The van der Waals surface area contributed by atoms with Gasteiger partial charge in [0, 0.05) is 18.0 Å². The molecule has 2 nitrogen and oxygen atoms in total. The van der Waals surface area contributed by atoms with E-state index in [2.05, 4.69) is 11.4 Å². The molecule has 0 saturated carbocycles. The van der Waals surface area contributed by atoms with Gasteiger partial charge in [-0.05, 0) is 30.8 Å². The van der Waals surface area contributed by atoms with Crippen LogP contribution in [0.15, 0.2) is 42.5 Å². The molecule has 1 heterocycles. The Labute approximate surface area is 122 Å². The largest absolute Gasteiger partial charge is 0.485 e. The number of ether oxygens (including phenoxy) is 1. The average Bonchev–Trinajstić information content (AvgIpc) is 2.49. The Morgan fingerprint density at radius 1 is 1.25 bits per heavy atom. The number of hydrogen-bond donors (Lipinski definition) is 1. The maximum absolute atomic E-state index is 13.3. The standard InChI is InChI=1S/C16H15ClFNO/c1-19-14-9-16(10-6-7-13(18)12(17)8-10)20-15-5-3-2-4-11(14)15/h2-8,14,16,19H,9H2,1H3. The quantitative estimate of drug-likeness (QED) is 0.892. The molecule has 2 atom stereocenters. The summed E-state index contributed by atoms with van der Waals surface area (Å²) < 4.78 is 19.3. The van der Waals surface area contributed by atoms with Crippen molar-refractivity contribution < 1.29 is 9.13 Å². The number of nitrogens with one attached hydrogen (secondary N) is 1. The maximum atomic E-state index is 13.3. The van der Waals surface area contributed by atoms with Crippen LogP contribution in [0.5, 0.6) is 5.75 Å². The molecule has 0 amide bonds. The molecule has 0 bridgehead atoms. The SMILES string of the molecule is CNC1CC(c2ccc(F)c(Cl)c2)Oc2ccccc21. The lowest BCUT2D eigenvalue weighted by Crippen LogP contribution is -2.26. The van der Waals surface area contributed by atoms with Crippen LogP contribution < -0.4 is 10.1 Å². The van der Waals surface area contributed by atoms with Crippen molar-refractivity contribution in [2.24, 2.45) is 0 Å². The van der Waals surface area contributed by atoms with Crippen LogP contribution in [0.2, 0.25) is 5.02 Å². The predicted molar refractivity (Wildman–Crippen MR) is 77.6 cm³/mol. The Bertz CT molecular complexity index is 632. The highest BCUT2D eigenvalue weighted by Crippen LogP contribution is 2.40. The van der Waals surface area contributed by atoms with Gasteiger partial charge in [0.15, 0.2) is 0 Å². The Kier molecular flexibility index (Phi) is 3.64. The van der Waals surface area contributed by atoms with E-state index in [1.165, 1.54) is 6.07 Å². The molecule has 0 radical (unpaired) electrons. The van der Waals surface area contributed by atoms with Gasteiger partial charge in [0.25, 0.3) is 0 Å². The van der Waals surface area contributed by atoms with Gasteiger partial charge in [-0.1, -0.05) is 35.9 Å². The summed E-state index contributed by atoms with van der Waals surface area (Å²) in [5.41, 5.74) is 2.05. The molecule has 1 aliphatic rings. The molecule has 20 heavy (non-hydrogen) atoms. The third-order valence-electron chi connectivity index (χ3n) is 3.68. The molecule has 1 aliphatic heterocycles. The molecule has 0 aromatic heterocycles. The molecule has 0 aliphatic carbocycles. The summed E-state index contributed by atoms with van der Waals surface area (Å²) in [7, 11) is 1.93. The van der Waals surface area contributed by atoms with Crippen LogP contribution in [-0.4, -0.2) is 7.05 Å². The topological polar surface area (TPSA) is 21.3 Å². The van der Waals surface area contributed by atoms with Gasteiger partial charge in [0.05, 0.1) is 5.02 Å². The monoisotopic (exact) mass is 291 g/mol. The molecule has 104 valence electrons. The van der Waals surface area contributed by atoms with Gasteiger partial charge in [-0.15, -0.1) is 0 Å². The van der Waals surface area contributed by atoms with E-state index < -0.39 is 5.82 Å². The Hall–Kier alpha value is -1.58. The number of fused-ring (bicyclic) bond motifs is 1. The van der Waals surface area contributed by atoms with Crippen molar-refractivity contribution in [3.8, 4) is 5.75 Å². The van der Waals surface area contributed by atoms with Crippen molar-refractivity contribution in [3.05, 3.63) is 64.4 Å². The van der Waals surface area contributed by atoms with Crippen molar-refractivity contribution in [2.75, 3.05) is 7.05 Å². The number of hydrogen-bond acceptors (Lipinski definition) is 2. The van der Waals surface area contributed by atoms with Gasteiger partial charge < -0.3 is 10.1 Å². The lowest BCUT2D eigenvalue weighted by molar-refractivity contribution is 0.154. The van der Waals surface area contributed by atoms with E-state index in [4.69, 9.17) is 16.3 Å². The number of halogens is 2. The molecule has 0 fully saturated rings. The molecule has 0 spiro atoms. The third kappa shape index (κ3) is 2.39. The van der Waals surface area contributed by atoms with Crippen molar-refractivity contribution in [2.45, 2.75) is 18.6 Å². The molecule has 2 aromatic rings. The van der Waals surface area contributed by atoms with Gasteiger partial charge in [0.2, 0.25) is 0 Å². The van der Waals surface area contributed by atoms with Crippen LogP contribution in [0, 0.1) is 5.82 Å². The Balaban J connectivity index is 1.95. The molecule has 0 saturated heterocycles. The molecule has 3 rings (SSSR count). The second-order valence-corrected chi connectivity index (χ2v) is 5.30. The smallest absolute Gasteiger partial charge is 0.141 e. The van der Waals surface area contributed by atoms with Gasteiger partial charge in [-0.3, -0.25) is 0 Å². The Morgan fingerprint density at radius 3 is 2.80 bits per heavy atom. The van der Waals surface area contributed by atoms with E-state index in [0.717, 1.165) is 23.3 Å². The molecule has 2 aromatic carbocycles. The van der Waals surface area contributed by atoms with Crippen LogP contribution in [0.1, 0.15) is 29.7 Å². The summed E-state index contributed by atoms with van der Waals surface area (Å²) >= 11 is 5.86. The number of rotatable bonds is 2. The molecular weight excluding hydrogens is 277 g/mol. The van der Waals surface area contributed by atoms with Gasteiger partial charge in [-0.25, -0.2) is 4.39 Å². The maximum Gasteiger partial charge on any atom is 0.141 e. The summed E-state index contributed by atoms with van der Waals surface area (Å²) in [6, 6.07) is 12.9. The zero-order valence-electron chi connectivity index (χ0n) is 11.1. The summed E-state index contributed by atoms with van der Waals surface area (Å²) in [6.45, 7) is 0. The first-order chi connectivity index (χ1) is 9.69. The molecule has 4 heteroatoms. The van der Waals surface area contributed by atoms with Crippen LogP contribution in [-0.2, 0) is 0 Å². The first kappa shape index (κ1) is 13.4. The lowest BCUT2D eigenvalue weighted by Gasteiger charge is -2.32. The van der Waals surface area contributed by atoms with Crippen LogP contribution in [0.3, 0.4) is 0 Å². The lowest BCUT2D eigenvalue weighted by atomic mass is 9.93. The van der Waals surface area contributed by atoms with E-state index in [1.807, 2.05) is 25.2 Å². The van der Waals surface area contributed by atoms with Crippen molar-refractivity contribution in [1.82, 2.24) is 5.32 Å². The summed E-state index contributed by atoms with van der Waals surface area (Å²) in [5, 5.41) is 3.43. The van der Waals surface area contributed by atoms with Crippen LogP contribution >= 0.6 is 11.6 Å². The fourth-order valence-corrected chi connectivity index (χ4v) is 2.80. The summed E-state index contributed by atoms with van der Waals surface area (Å²) in [5.74, 6) is 0.459. The minimum Gasteiger partial charge on any atom is -0.485 e. The predicted octanol–water partition coefficient (Wildman–Crippen LogP) is 4.26. The van der Waals surface area contributed by atoms with Crippen molar-refractivity contribution >= 4 is 11.6 Å². The van der Waals surface area contributed by atoms with Gasteiger partial charge >= 0.3 is 0 Å². The van der Waals surface area contributed by atoms with Crippen molar-refractivity contribution in [1.29, 1.82) is 0 Å². The summed E-state index contributed by atoms with van der Waals surface area (Å²) in [6.07, 6.45) is 0.663. The second-order valence-electron chi connectivity index (χ2n) is 4.89. The molecule has 1 N–H and O–H groups in total. The van der Waals surface area contributed by atoms with E-state index in [0.29, 0.717) is 0 Å². The van der Waals surface area contributed by atoms with Gasteiger partial charge in [-0.2, -0.15) is 0 Å². The minimum absolute atomic E-state index is 0.125. The highest BCUT2D eigenvalue weighted by Gasteiger charge is 2.28. The highest BCUT2D eigenvalue weighted by molar-refractivity contribution is 6.30. The van der Waals surface area contributed by atoms with Crippen LogP contribution in [0.25, 0.3) is 0 Å². The third-order valence-corrected chi connectivity index (χ3v) is 3.97. The zero-order valence-corrected chi connectivity index (χ0v) is 11.8. The normalized spacial score (nSPS) is 21.1. The van der Waals surface area contributed by atoms with E-state index >= 15 is 0 Å². The van der Waals surface area contributed by atoms with E-state index in [9.17, 15) is 4.39 Å². The number of para-hydroxylation sites is 1. The van der Waals surface area contributed by atoms with E-state index in [-0.39, 0.29) is 17.2 Å². The second kappa shape index (κ2) is 5.43. The number of benzene rings is 2. The van der Waals surface area contributed by atoms with Gasteiger partial charge in [0.1, 0.15) is 17.7 Å². The fraction of sp³-hybridized carbons (Fsp3) is 0.250. The first-order valence-electron chi connectivity index (χ1n) is 6.57. The fourth-order valence-electron chi connectivity index (χ4n) is 2.61. The highest BCUT2D eigenvalue weighted by atomic mass is 35.5. The van der Waals surface area contributed by atoms with E-state index in [1.54, 1.807) is 12.1 Å². The average molecular weight is 292 g/mol. The summed E-state index contributed by atoms with van der Waals surface area (Å²) in [4.78, 5) is 0. The van der Waals surface area contributed by atoms with Crippen molar-refractivity contribution in [3.63, 3.8) is 0 Å². The molecule has 2 unspecified atom stereocenters. The zero-order chi connectivity index (χ0) is 14.1. The first-order valence-corrected chi connectivity index (χ1v) is 6.94. The Morgan fingerprint density at radius 2 is 2.05 bits per heavy atom. The molecular formula is C16H15ClFNO. The van der Waals surface area contributed by atoms with Crippen LogP contribution in [0.4, 0.5) is 4.39 Å². The minimum atomic E-state index is -0.406.